The number of aliphatic imine (C=N–C) groups is 1. The molecule has 27 heavy (non-hydrogen) atoms. The van der Waals surface area contributed by atoms with Gasteiger partial charge in [0, 0.05) is 37.9 Å². The van der Waals surface area contributed by atoms with Gasteiger partial charge in [-0.05, 0) is 76.2 Å². The van der Waals surface area contributed by atoms with Crippen LogP contribution in [0.1, 0.15) is 39.0 Å². The van der Waals surface area contributed by atoms with Crippen molar-refractivity contribution in [2.75, 3.05) is 39.3 Å². The van der Waals surface area contributed by atoms with E-state index in [0.717, 1.165) is 38.6 Å². The number of unbranched alkanes of at least 4 members (excludes halogenated alkanes) is 1. The second-order valence-corrected chi connectivity index (χ2v) is 7.36. The highest BCUT2D eigenvalue weighted by Crippen LogP contribution is 2.15. The quantitative estimate of drug-likeness (QED) is 0.383. The molecule has 0 unspecified atom stereocenters. The zero-order chi connectivity index (χ0) is 18.7. The van der Waals surface area contributed by atoms with Gasteiger partial charge in [0.15, 0.2) is 5.96 Å². The number of para-hydroxylation sites is 1. The number of guanidine groups is 1. The minimum Gasteiger partial charge on any atom is -0.357 e. The topological polar surface area (TPSA) is 44.6 Å². The van der Waals surface area contributed by atoms with Crippen molar-refractivity contribution in [1.29, 1.82) is 0 Å². The molecule has 2 N–H and O–H groups in total. The first kappa shape index (κ1) is 19.7. The molecule has 0 amide bonds. The Morgan fingerprint density at radius 2 is 1.85 bits per heavy atom. The van der Waals surface area contributed by atoms with Crippen molar-refractivity contribution in [1.82, 2.24) is 20.1 Å². The predicted molar refractivity (Wildman–Crippen MR) is 115 cm³/mol. The maximum Gasteiger partial charge on any atom is 0.191 e. The highest BCUT2D eigenvalue weighted by molar-refractivity contribution is 5.80. The Labute approximate surface area is 163 Å². The van der Waals surface area contributed by atoms with E-state index in [-0.39, 0.29) is 0 Å². The lowest BCUT2D eigenvalue weighted by atomic mass is 10.2. The van der Waals surface area contributed by atoms with Crippen molar-refractivity contribution in [2.24, 2.45) is 4.99 Å². The summed E-state index contributed by atoms with van der Waals surface area (Å²) in [6, 6.07) is 10.7. The van der Waals surface area contributed by atoms with E-state index in [1.807, 2.05) is 0 Å². The standard InChI is InChI=1S/C22H35N5/c1-2-23-22(24-13-5-6-15-26-16-7-8-17-26)25-14-9-18-27-19-12-20-10-3-4-11-21(20)27/h3-4,10-12,19H,2,5-9,13-18H2,1H3,(H2,23,24,25). The molecule has 2 heterocycles. The lowest BCUT2D eigenvalue weighted by molar-refractivity contribution is 0.330. The number of hydrogen-bond acceptors (Lipinski definition) is 2. The molecule has 0 bridgehead atoms. The molecule has 1 saturated heterocycles. The Bertz CT molecular complexity index is 700. The minimum atomic E-state index is 0.843. The van der Waals surface area contributed by atoms with Gasteiger partial charge in [0.1, 0.15) is 0 Å². The number of rotatable bonds is 10. The van der Waals surface area contributed by atoms with Gasteiger partial charge in [0.05, 0.1) is 0 Å². The number of fused-ring (bicyclic) bond motifs is 1. The van der Waals surface area contributed by atoms with Crippen molar-refractivity contribution in [2.45, 2.75) is 45.6 Å². The van der Waals surface area contributed by atoms with E-state index in [1.54, 1.807) is 0 Å². The molecule has 5 heteroatoms. The van der Waals surface area contributed by atoms with E-state index in [2.05, 4.69) is 63.6 Å². The average Bonchev–Trinajstić information content (AvgIpc) is 3.35. The van der Waals surface area contributed by atoms with E-state index >= 15 is 0 Å². The maximum atomic E-state index is 4.74. The maximum absolute atomic E-state index is 4.74. The number of nitrogens with zero attached hydrogens (tertiary/aromatic N) is 3. The van der Waals surface area contributed by atoms with Crippen LogP contribution in [0.25, 0.3) is 10.9 Å². The molecular weight excluding hydrogens is 334 g/mol. The number of hydrogen-bond donors (Lipinski definition) is 2. The van der Waals surface area contributed by atoms with E-state index in [9.17, 15) is 0 Å². The fraction of sp³-hybridized carbons (Fsp3) is 0.591. The number of aryl methyl sites for hydroxylation is 1. The molecule has 2 aromatic rings. The van der Waals surface area contributed by atoms with Crippen LogP contribution in [-0.2, 0) is 6.54 Å². The third-order valence-corrected chi connectivity index (χ3v) is 5.24. The van der Waals surface area contributed by atoms with Crippen LogP contribution < -0.4 is 10.6 Å². The first-order chi connectivity index (χ1) is 13.4. The molecular formula is C22H35N5. The van der Waals surface area contributed by atoms with Crippen LogP contribution in [-0.4, -0.2) is 54.7 Å². The number of likely N-dealkylation sites (tertiary alicyclic amines) is 1. The zero-order valence-electron chi connectivity index (χ0n) is 16.8. The lowest BCUT2D eigenvalue weighted by Crippen LogP contribution is -2.38. The summed E-state index contributed by atoms with van der Waals surface area (Å²) in [6.45, 7) is 9.73. The average molecular weight is 370 g/mol. The zero-order valence-corrected chi connectivity index (χ0v) is 16.8. The normalized spacial score (nSPS) is 15.5. The second kappa shape index (κ2) is 11.0. The smallest absolute Gasteiger partial charge is 0.191 e. The monoisotopic (exact) mass is 369 g/mol. The van der Waals surface area contributed by atoms with Gasteiger partial charge in [0.25, 0.3) is 0 Å². The van der Waals surface area contributed by atoms with Crippen LogP contribution in [0.5, 0.6) is 0 Å². The van der Waals surface area contributed by atoms with Gasteiger partial charge in [-0.3, -0.25) is 4.99 Å². The van der Waals surface area contributed by atoms with Crippen molar-refractivity contribution in [3.8, 4) is 0 Å². The van der Waals surface area contributed by atoms with Crippen LogP contribution in [0.2, 0.25) is 0 Å². The second-order valence-electron chi connectivity index (χ2n) is 7.36. The van der Waals surface area contributed by atoms with E-state index in [1.165, 1.54) is 56.2 Å². The third-order valence-electron chi connectivity index (χ3n) is 5.24. The molecule has 0 radical (unpaired) electrons. The molecule has 0 aliphatic carbocycles. The molecule has 1 aromatic heterocycles. The summed E-state index contributed by atoms with van der Waals surface area (Å²) in [7, 11) is 0. The Morgan fingerprint density at radius 1 is 1.00 bits per heavy atom. The Hall–Kier alpha value is -2.01. The predicted octanol–water partition coefficient (Wildman–Crippen LogP) is 3.46. The third kappa shape index (κ3) is 6.28. The molecule has 0 atom stereocenters. The largest absolute Gasteiger partial charge is 0.357 e. The van der Waals surface area contributed by atoms with Crippen LogP contribution in [0.4, 0.5) is 0 Å². The molecule has 3 rings (SSSR count). The van der Waals surface area contributed by atoms with E-state index in [4.69, 9.17) is 4.99 Å². The number of benzene rings is 1. The highest BCUT2D eigenvalue weighted by atomic mass is 15.2. The molecule has 0 spiro atoms. The SMILES string of the molecule is CCNC(=NCCCn1ccc2ccccc21)NCCCCN1CCCC1. The van der Waals surface area contributed by atoms with Gasteiger partial charge in [0.2, 0.25) is 0 Å². The summed E-state index contributed by atoms with van der Waals surface area (Å²) in [5.41, 5.74) is 1.31. The minimum absolute atomic E-state index is 0.843. The van der Waals surface area contributed by atoms with Gasteiger partial charge in [-0.2, -0.15) is 0 Å². The summed E-state index contributed by atoms with van der Waals surface area (Å²) < 4.78 is 2.32. The van der Waals surface area contributed by atoms with Gasteiger partial charge in [-0.1, -0.05) is 18.2 Å². The van der Waals surface area contributed by atoms with Crippen LogP contribution in [0.3, 0.4) is 0 Å². The van der Waals surface area contributed by atoms with Crippen molar-refractivity contribution < 1.29 is 0 Å². The Balaban J connectivity index is 1.35. The fourth-order valence-corrected chi connectivity index (χ4v) is 3.78. The van der Waals surface area contributed by atoms with Gasteiger partial charge >= 0.3 is 0 Å². The van der Waals surface area contributed by atoms with E-state index in [0.29, 0.717) is 0 Å². The highest BCUT2D eigenvalue weighted by Gasteiger charge is 2.10. The first-order valence-electron chi connectivity index (χ1n) is 10.7. The molecule has 1 aliphatic rings. The van der Waals surface area contributed by atoms with Gasteiger partial charge < -0.3 is 20.1 Å². The van der Waals surface area contributed by atoms with Crippen molar-refractivity contribution in [3.05, 3.63) is 36.5 Å². The van der Waals surface area contributed by atoms with Crippen LogP contribution >= 0.6 is 0 Å². The fourth-order valence-electron chi connectivity index (χ4n) is 3.78. The van der Waals surface area contributed by atoms with Gasteiger partial charge in [-0.25, -0.2) is 0 Å². The Morgan fingerprint density at radius 3 is 2.70 bits per heavy atom. The summed E-state index contributed by atoms with van der Waals surface area (Å²) in [6.07, 6.45) is 8.47. The number of nitrogens with one attached hydrogen (secondary N) is 2. The van der Waals surface area contributed by atoms with Crippen molar-refractivity contribution >= 4 is 16.9 Å². The summed E-state index contributed by atoms with van der Waals surface area (Å²) in [5.74, 6) is 0.955. The molecule has 1 fully saturated rings. The van der Waals surface area contributed by atoms with Crippen molar-refractivity contribution in [3.63, 3.8) is 0 Å². The molecule has 1 aromatic carbocycles. The van der Waals surface area contributed by atoms with Crippen LogP contribution in [0.15, 0.2) is 41.5 Å². The summed E-state index contributed by atoms with van der Waals surface area (Å²) in [4.78, 5) is 7.33. The Kier molecular flexibility index (Phi) is 8.03. The molecule has 5 nitrogen and oxygen atoms in total. The van der Waals surface area contributed by atoms with Gasteiger partial charge in [-0.15, -0.1) is 0 Å². The summed E-state index contributed by atoms with van der Waals surface area (Å²) in [5, 5.41) is 8.15. The lowest BCUT2D eigenvalue weighted by Gasteiger charge is -2.15. The first-order valence-corrected chi connectivity index (χ1v) is 10.7. The number of aromatic nitrogens is 1. The summed E-state index contributed by atoms with van der Waals surface area (Å²) >= 11 is 0. The molecule has 1 aliphatic heterocycles. The van der Waals surface area contributed by atoms with E-state index < -0.39 is 0 Å². The van der Waals surface area contributed by atoms with Crippen LogP contribution in [0, 0.1) is 0 Å². The molecule has 0 saturated carbocycles. The molecule has 148 valence electrons.